The molecule has 0 aromatic carbocycles. The van der Waals surface area contributed by atoms with E-state index < -0.39 is 23.5 Å². The molecule has 0 bridgehead atoms. The molecule has 178 valence electrons. The number of rotatable bonds is 6. The Balaban J connectivity index is 0.000000584. The van der Waals surface area contributed by atoms with Crippen LogP contribution in [0.5, 0.6) is 11.8 Å². The maximum Gasteiger partial charge on any atom is 0.417 e. The Bertz CT molecular complexity index is 899. The molecule has 2 aromatic rings. The summed E-state index contributed by atoms with van der Waals surface area (Å²) < 4.78 is 89.2. The van der Waals surface area contributed by atoms with Gasteiger partial charge >= 0.3 is 12.4 Å². The topological polar surface area (TPSA) is 70.5 Å². The van der Waals surface area contributed by atoms with Crippen molar-refractivity contribution in [2.24, 2.45) is 0 Å². The number of pyridine rings is 2. The van der Waals surface area contributed by atoms with Gasteiger partial charge < -0.3 is 19.0 Å². The molecule has 0 aliphatic heterocycles. The lowest BCUT2D eigenvalue weighted by Crippen LogP contribution is -2.10. The summed E-state index contributed by atoms with van der Waals surface area (Å²) in [6, 6.07) is 1.62. The van der Waals surface area contributed by atoms with Gasteiger partial charge in [-0.3, -0.25) is 0 Å². The van der Waals surface area contributed by atoms with Crippen LogP contribution >= 0.6 is 0 Å². The summed E-state index contributed by atoms with van der Waals surface area (Å²) in [4.78, 5) is 17.5. The number of nitrogens with zero attached hydrogens (tertiary/aromatic N) is 2. The van der Waals surface area contributed by atoms with Crippen LogP contribution in [0.1, 0.15) is 29.7 Å². The average molecular weight is 468 g/mol. The summed E-state index contributed by atoms with van der Waals surface area (Å²) in [7, 11) is 3.83. The van der Waals surface area contributed by atoms with Gasteiger partial charge in [-0.25, -0.2) is 9.97 Å². The van der Waals surface area contributed by atoms with Crippen molar-refractivity contribution in [1.29, 1.82) is 0 Å². The molecule has 0 amide bonds. The van der Waals surface area contributed by atoms with Crippen LogP contribution in [0.15, 0.2) is 30.8 Å². The molecule has 2 heterocycles. The molecule has 6 nitrogen and oxygen atoms in total. The molecule has 0 unspecified atom stereocenters. The van der Waals surface area contributed by atoms with E-state index in [2.05, 4.69) is 24.2 Å². The van der Waals surface area contributed by atoms with Crippen molar-refractivity contribution in [3.8, 4) is 11.8 Å². The van der Waals surface area contributed by atoms with E-state index in [-0.39, 0.29) is 36.7 Å². The van der Waals surface area contributed by atoms with Crippen LogP contribution in [-0.4, -0.2) is 37.6 Å². The number of carbonyl (C=O) groups excluding carboxylic acids is 1. The van der Waals surface area contributed by atoms with Crippen molar-refractivity contribution in [1.82, 2.24) is 9.97 Å². The van der Waals surface area contributed by atoms with Crippen molar-refractivity contribution >= 4 is 12.4 Å². The van der Waals surface area contributed by atoms with E-state index in [4.69, 9.17) is 0 Å². The summed E-state index contributed by atoms with van der Waals surface area (Å²) in [5.41, 5.74) is -1.93. The third-order valence-electron chi connectivity index (χ3n) is 3.59. The molecule has 32 heavy (non-hydrogen) atoms. The van der Waals surface area contributed by atoms with Gasteiger partial charge in [-0.2, -0.15) is 26.3 Å². The van der Waals surface area contributed by atoms with Crippen molar-refractivity contribution < 1.29 is 45.3 Å². The van der Waals surface area contributed by atoms with Crippen molar-refractivity contribution in [3.63, 3.8) is 0 Å². The minimum absolute atomic E-state index is 0. The van der Waals surface area contributed by atoms with E-state index in [9.17, 15) is 31.1 Å². The van der Waals surface area contributed by atoms with Crippen LogP contribution < -0.4 is 9.47 Å². The van der Waals surface area contributed by atoms with E-state index in [1.807, 2.05) is 0 Å². The summed E-state index contributed by atoms with van der Waals surface area (Å²) in [6.07, 6.45) is -4.45. The quantitative estimate of drug-likeness (QED) is 0.329. The average Bonchev–Trinajstić information content (AvgIpc) is 2.71. The van der Waals surface area contributed by atoms with Gasteiger partial charge in [0.2, 0.25) is 11.8 Å². The molecule has 12 heteroatoms. The summed E-state index contributed by atoms with van der Waals surface area (Å²) in [6.45, 7) is 0. The van der Waals surface area contributed by atoms with Gasteiger partial charge in [0.15, 0.2) is 0 Å². The van der Waals surface area contributed by atoms with Crippen LogP contribution in [0.25, 0.3) is 6.08 Å². The lowest BCUT2D eigenvalue weighted by molar-refractivity contribution is -0.139. The monoisotopic (exact) mass is 468 g/mol. The summed E-state index contributed by atoms with van der Waals surface area (Å²) in [5, 5.41) is 0. The Morgan fingerprint density at radius 3 is 1.81 bits per heavy atom. The van der Waals surface area contributed by atoms with E-state index in [1.165, 1.54) is 27.4 Å². The van der Waals surface area contributed by atoms with Gasteiger partial charge in [0.25, 0.3) is 0 Å². The molecule has 0 radical (unpaired) electrons. The maximum absolute atomic E-state index is 12.6. The first-order valence-corrected chi connectivity index (χ1v) is 8.32. The highest BCUT2D eigenvalue weighted by molar-refractivity contribution is 5.56. The van der Waals surface area contributed by atoms with Crippen molar-refractivity contribution in [3.05, 3.63) is 53.0 Å². The molecule has 0 aliphatic rings. The van der Waals surface area contributed by atoms with Gasteiger partial charge in [0, 0.05) is 36.5 Å². The molecule has 2 rings (SSSR count). The van der Waals surface area contributed by atoms with Gasteiger partial charge in [0.05, 0.1) is 38.7 Å². The number of methoxy groups -OCH3 is 3. The third kappa shape index (κ3) is 8.44. The highest BCUT2D eigenvalue weighted by Crippen LogP contribution is 2.34. The Hall–Kier alpha value is -3.31. The van der Waals surface area contributed by atoms with Crippen molar-refractivity contribution in [2.75, 3.05) is 21.3 Å². The number of hydrogen-bond acceptors (Lipinski definition) is 6. The number of hydrogen-bond donors (Lipinski definition) is 0. The van der Waals surface area contributed by atoms with Gasteiger partial charge in [-0.1, -0.05) is 7.43 Å². The number of alkyl halides is 6. The van der Waals surface area contributed by atoms with E-state index in [0.717, 1.165) is 30.8 Å². The van der Waals surface area contributed by atoms with Gasteiger partial charge in [-0.15, -0.1) is 0 Å². The van der Waals surface area contributed by atoms with E-state index in [0.29, 0.717) is 6.29 Å². The van der Waals surface area contributed by atoms with Crippen molar-refractivity contribution in [2.45, 2.75) is 26.2 Å². The number of aldehydes is 1. The molecule has 0 aliphatic carbocycles. The largest absolute Gasteiger partial charge is 0.504 e. The van der Waals surface area contributed by atoms with Crippen LogP contribution in [0.2, 0.25) is 0 Å². The van der Waals surface area contributed by atoms with Crippen LogP contribution in [0.3, 0.4) is 0 Å². The Kier molecular flexibility index (Phi) is 11.2. The Morgan fingerprint density at radius 2 is 1.38 bits per heavy atom. The fourth-order valence-corrected chi connectivity index (χ4v) is 2.17. The fourth-order valence-electron chi connectivity index (χ4n) is 2.17. The fraction of sp³-hybridized carbons (Fsp3) is 0.350. The standard InChI is InChI=1S/C10H10F3NO2.C9H8F3NO2.CH4/c1-15-4-3-7-6-14-9(16-2)5-8(7)10(11,12)13;1-15-8-4-7(9(10,11)12)6(2-3-14)5-13-8;/h3-6H,1-2H3;3-5H,2H2,1H3;1H4/b4-3+;;. The minimum atomic E-state index is -4.51. The van der Waals surface area contributed by atoms with E-state index in [1.54, 1.807) is 0 Å². The maximum atomic E-state index is 12.6. The molecular formula is C20H22F6N2O4. The highest BCUT2D eigenvalue weighted by atomic mass is 19.4. The second-order valence-electron chi connectivity index (χ2n) is 5.60. The predicted octanol–water partition coefficient (Wildman–Crippen LogP) is 5.21. The Morgan fingerprint density at radius 1 is 0.875 bits per heavy atom. The lowest BCUT2D eigenvalue weighted by atomic mass is 10.1. The number of halogens is 6. The van der Waals surface area contributed by atoms with E-state index >= 15 is 0 Å². The molecular weight excluding hydrogens is 446 g/mol. The smallest absolute Gasteiger partial charge is 0.417 e. The van der Waals surface area contributed by atoms with Gasteiger partial charge in [0.1, 0.15) is 6.29 Å². The number of carbonyl (C=O) groups is 1. The molecule has 0 spiro atoms. The SMILES string of the molecule is C.CO/C=C/c1cnc(OC)cc1C(F)(F)F.COc1cc(C(F)(F)F)c(CC=O)cn1. The predicted molar refractivity (Wildman–Crippen MR) is 104 cm³/mol. The zero-order chi connectivity index (χ0) is 23.7. The van der Waals surface area contributed by atoms with Crippen LogP contribution in [0.4, 0.5) is 26.3 Å². The zero-order valence-corrected chi connectivity index (χ0v) is 16.5. The number of ether oxygens (including phenoxy) is 3. The van der Waals surface area contributed by atoms with Crippen LogP contribution in [0, 0.1) is 0 Å². The molecule has 0 N–H and O–H groups in total. The Labute approximate surface area is 180 Å². The normalized spacial score (nSPS) is 11.2. The number of aromatic nitrogens is 2. The lowest BCUT2D eigenvalue weighted by Gasteiger charge is -2.11. The molecule has 2 aromatic heterocycles. The second kappa shape index (κ2) is 12.5. The third-order valence-corrected chi connectivity index (χ3v) is 3.59. The van der Waals surface area contributed by atoms with Gasteiger partial charge in [-0.05, 0) is 11.6 Å². The zero-order valence-electron chi connectivity index (χ0n) is 16.5. The molecule has 0 saturated carbocycles. The second-order valence-corrected chi connectivity index (χ2v) is 5.60. The first kappa shape index (κ1) is 28.7. The molecule has 0 saturated heterocycles. The first-order valence-electron chi connectivity index (χ1n) is 8.32. The molecule has 0 atom stereocenters. The summed E-state index contributed by atoms with van der Waals surface area (Å²) in [5.74, 6) is -0.209. The first-order chi connectivity index (χ1) is 14.5. The highest BCUT2D eigenvalue weighted by Gasteiger charge is 2.34. The van der Waals surface area contributed by atoms with Crippen LogP contribution in [-0.2, 0) is 28.3 Å². The summed E-state index contributed by atoms with van der Waals surface area (Å²) >= 11 is 0. The molecule has 0 fully saturated rings. The minimum Gasteiger partial charge on any atom is -0.504 e.